The predicted molar refractivity (Wildman–Crippen MR) is 135 cm³/mol. The van der Waals surface area contributed by atoms with Gasteiger partial charge >= 0.3 is 0 Å². The van der Waals surface area contributed by atoms with Crippen molar-refractivity contribution >= 4 is 33.2 Å². The lowest BCUT2D eigenvalue weighted by Crippen LogP contribution is -2.47. The molecular weight excluding hydrogens is 486 g/mol. The number of fused-ring (bicyclic) bond motifs is 2. The zero-order chi connectivity index (χ0) is 24.4. The van der Waals surface area contributed by atoms with Gasteiger partial charge in [0.1, 0.15) is 0 Å². The maximum atomic E-state index is 13.2. The summed E-state index contributed by atoms with van der Waals surface area (Å²) in [6, 6.07) is 5.86. The molecule has 0 bridgehead atoms. The van der Waals surface area contributed by atoms with E-state index < -0.39 is 15.4 Å². The highest BCUT2D eigenvalue weighted by Gasteiger charge is 2.51. The maximum Gasteiger partial charge on any atom is 0.237 e. The van der Waals surface area contributed by atoms with Gasteiger partial charge in [-0.15, -0.1) is 0 Å². The summed E-state index contributed by atoms with van der Waals surface area (Å²) in [5, 5.41) is 5.08. The van der Waals surface area contributed by atoms with E-state index in [0.29, 0.717) is 10.9 Å². The van der Waals surface area contributed by atoms with Crippen molar-refractivity contribution in [1.29, 1.82) is 0 Å². The molecule has 1 saturated heterocycles. The molecule has 2 saturated carbocycles. The molecule has 1 spiro atoms. The molecule has 1 N–H and O–H groups in total. The first-order valence-electron chi connectivity index (χ1n) is 12.6. The van der Waals surface area contributed by atoms with Crippen LogP contribution < -0.4 is 9.62 Å². The summed E-state index contributed by atoms with van der Waals surface area (Å²) in [5.41, 5.74) is 2.76. The van der Waals surface area contributed by atoms with E-state index in [0.717, 1.165) is 76.0 Å². The van der Waals surface area contributed by atoms with E-state index in [4.69, 9.17) is 11.6 Å². The fourth-order valence-electron chi connectivity index (χ4n) is 6.10. The summed E-state index contributed by atoms with van der Waals surface area (Å²) >= 11 is 6.28. The number of carbonyl (C=O) groups is 1. The van der Waals surface area contributed by atoms with Gasteiger partial charge in [0, 0.05) is 48.6 Å². The summed E-state index contributed by atoms with van der Waals surface area (Å²) in [6.07, 6.45) is 8.97. The Balaban J connectivity index is 1.01. The number of anilines is 1. The van der Waals surface area contributed by atoms with Crippen LogP contribution in [0.15, 0.2) is 30.6 Å². The van der Waals surface area contributed by atoms with E-state index >= 15 is 0 Å². The van der Waals surface area contributed by atoms with Gasteiger partial charge in [0.05, 0.1) is 16.9 Å². The van der Waals surface area contributed by atoms with Crippen LogP contribution in [-0.4, -0.2) is 60.4 Å². The molecule has 1 aromatic carbocycles. The Morgan fingerprint density at radius 2 is 1.94 bits per heavy atom. The van der Waals surface area contributed by atoms with E-state index in [1.807, 2.05) is 36.1 Å². The van der Waals surface area contributed by atoms with Crippen LogP contribution in [0.25, 0.3) is 0 Å². The lowest BCUT2D eigenvalue weighted by atomic mass is 9.73. The fraction of sp³-hybridized carbons (Fsp3) is 0.600. The van der Waals surface area contributed by atoms with Crippen LogP contribution in [0.1, 0.15) is 49.7 Å². The van der Waals surface area contributed by atoms with Crippen LogP contribution in [0.4, 0.5) is 5.69 Å². The second-order valence-corrected chi connectivity index (χ2v) is 13.3. The van der Waals surface area contributed by atoms with Gasteiger partial charge < -0.3 is 4.90 Å². The van der Waals surface area contributed by atoms with Gasteiger partial charge in [-0.1, -0.05) is 11.6 Å². The highest BCUT2D eigenvalue weighted by atomic mass is 35.5. The normalized spacial score (nSPS) is 26.2. The molecule has 3 fully saturated rings. The Hall–Kier alpha value is -1.94. The third-order valence-corrected chi connectivity index (χ3v) is 10.6. The minimum atomic E-state index is -3.10. The number of aromatic nitrogens is 2. The third-order valence-electron chi connectivity index (χ3n) is 8.33. The smallest absolute Gasteiger partial charge is 0.237 e. The standard InChI is InChI=1S/C25H32ClN5O3S/c1-29-23-5-2-19(26)12-22(23)25(24(29)32)6-8-30(9-7-25)14-18-13-27-31(16-18)15-17-10-20(11-17)28-35(33,34)21-3-4-21/h2,5,12-13,16-17,20-21,28H,3-4,6-11,14-15H2,1H3/t17-,20+. The Morgan fingerprint density at radius 3 is 2.66 bits per heavy atom. The lowest BCUT2D eigenvalue weighted by Gasteiger charge is -2.38. The van der Waals surface area contributed by atoms with Crippen molar-refractivity contribution in [2.45, 2.75) is 68.3 Å². The van der Waals surface area contributed by atoms with Crippen LogP contribution in [0.3, 0.4) is 0 Å². The second kappa shape index (κ2) is 8.57. The molecule has 4 aliphatic rings. The predicted octanol–water partition coefficient (Wildman–Crippen LogP) is 2.91. The number of hydrogen-bond acceptors (Lipinski definition) is 5. The molecule has 2 aromatic rings. The first kappa shape index (κ1) is 23.5. The monoisotopic (exact) mass is 517 g/mol. The first-order valence-corrected chi connectivity index (χ1v) is 14.5. The zero-order valence-corrected chi connectivity index (χ0v) is 21.6. The average Bonchev–Trinajstić information content (AvgIpc) is 3.56. The molecule has 2 aliphatic heterocycles. The third kappa shape index (κ3) is 4.30. The molecule has 0 unspecified atom stereocenters. The summed E-state index contributed by atoms with van der Waals surface area (Å²) in [6.45, 7) is 3.34. The van der Waals surface area contributed by atoms with Crippen molar-refractivity contribution in [3.8, 4) is 0 Å². The molecule has 0 radical (unpaired) electrons. The number of carbonyl (C=O) groups excluding carboxylic acids is 1. The topological polar surface area (TPSA) is 87.5 Å². The zero-order valence-electron chi connectivity index (χ0n) is 20.0. The second-order valence-electron chi connectivity index (χ2n) is 10.9. The average molecular weight is 518 g/mol. The molecule has 10 heteroatoms. The van der Waals surface area contributed by atoms with Crippen molar-refractivity contribution in [2.75, 3.05) is 25.0 Å². The van der Waals surface area contributed by atoms with Gasteiger partial charge in [0.25, 0.3) is 0 Å². The van der Waals surface area contributed by atoms with E-state index in [1.54, 1.807) is 4.90 Å². The molecule has 1 aromatic heterocycles. The number of nitrogens with zero attached hydrogens (tertiary/aromatic N) is 4. The van der Waals surface area contributed by atoms with Gasteiger partial charge in [-0.3, -0.25) is 14.4 Å². The fourth-order valence-corrected chi connectivity index (χ4v) is 7.88. The molecule has 35 heavy (non-hydrogen) atoms. The summed E-state index contributed by atoms with van der Waals surface area (Å²) < 4.78 is 29.0. The highest BCUT2D eigenvalue weighted by Crippen LogP contribution is 2.48. The van der Waals surface area contributed by atoms with Crippen molar-refractivity contribution in [3.63, 3.8) is 0 Å². The maximum absolute atomic E-state index is 13.2. The van der Waals surface area contributed by atoms with Gasteiger partial charge in [0.15, 0.2) is 0 Å². The number of amides is 1. The van der Waals surface area contributed by atoms with E-state index in [2.05, 4.69) is 20.9 Å². The van der Waals surface area contributed by atoms with Gasteiger partial charge in [-0.2, -0.15) is 5.10 Å². The van der Waals surface area contributed by atoms with Crippen LogP contribution in [0.5, 0.6) is 0 Å². The summed E-state index contributed by atoms with van der Waals surface area (Å²) in [4.78, 5) is 17.4. The minimum absolute atomic E-state index is 0.0821. The Morgan fingerprint density at radius 1 is 1.20 bits per heavy atom. The van der Waals surface area contributed by atoms with E-state index in [1.165, 1.54) is 5.56 Å². The number of halogens is 1. The van der Waals surface area contributed by atoms with E-state index in [-0.39, 0.29) is 17.2 Å². The number of likely N-dealkylation sites (N-methyl/N-ethyl adjacent to an activating group) is 1. The van der Waals surface area contributed by atoms with Gasteiger partial charge in [-0.05, 0) is 81.3 Å². The Bertz CT molecular complexity index is 1240. The summed E-state index contributed by atoms with van der Waals surface area (Å²) in [7, 11) is -1.24. The number of sulfonamides is 1. The number of benzene rings is 1. The van der Waals surface area contributed by atoms with Crippen LogP contribution in [0.2, 0.25) is 5.02 Å². The molecule has 8 nitrogen and oxygen atoms in total. The van der Waals surface area contributed by atoms with E-state index in [9.17, 15) is 13.2 Å². The number of likely N-dealkylation sites (tertiary alicyclic amines) is 1. The SMILES string of the molecule is CN1C(=O)C2(CCN(Cc3cnn(C[C@H]4C[C@@H](NS(=O)(=O)C5CC5)C4)c3)CC2)c2cc(Cl)ccc21. The molecule has 2 aliphatic carbocycles. The lowest BCUT2D eigenvalue weighted by molar-refractivity contribution is -0.124. The van der Waals surface area contributed by atoms with Crippen LogP contribution in [0, 0.1) is 5.92 Å². The van der Waals surface area contributed by atoms with Crippen molar-refractivity contribution in [2.24, 2.45) is 5.92 Å². The van der Waals surface area contributed by atoms with Crippen molar-refractivity contribution in [3.05, 3.63) is 46.7 Å². The van der Waals surface area contributed by atoms with Gasteiger partial charge in [-0.25, -0.2) is 13.1 Å². The largest absolute Gasteiger partial charge is 0.314 e. The van der Waals surface area contributed by atoms with Crippen molar-refractivity contribution in [1.82, 2.24) is 19.4 Å². The minimum Gasteiger partial charge on any atom is -0.314 e. The number of piperidine rings is 1. The molecule has 3 heterocycles. The highest BCUT2D eigenvalue weighted by molar-refractivity contribution is 7.90. The number of hydrogen-bond donors (Lipinski definition) is 1. The summed E-state index contributed by atoms with van der Waals surface area (Å²) in [5.74, 6) is 0.641. The molecule has 1 amide bonds. The first-order chi connectivity index (χ1) is 16.7. The number of rotatable bonds is 7. The quantitative estimate of drug-likeness (QED) is 0.610. The Labute approximate surface area is 211 Å². The van der Waals surface area contributed by atoms with Crippen molar-refractivity contribution < 1.29 is 13.2 Å². The number of nitrogens with one attached hydrogen (secondary N) is 1. The molecule has 0 atom stereocenters. The Kier molecular flexibility index (Phi) is 5.75. The molecular formula is C25H32ClN5O3S. The van der Waals surface area contributed by atoms with Crippen LogP contribution in [-0.2, 0) is 33.3 Å². The molecule has 6 rings (SSSR count). The molecule has 188 valence electrons. The van der Waals surface area contributed by atoms with Gasteiger partial charge in [0.2, 0.25) is 15.9 Å². The van der Waals surface area contributed by atoms with Crippen LogP contribution >= 0.6 is 11.6 Å².